The zero-order chi connectivity index (χ0) is 14.8. The Morgan fingerprint density at radius 1 is 1.10 bits per heavy atom. The normalized spacial score (nSPS) is 14.8. The minimum atomic E-state index is -0.693. The molecule has 0 aliphatic carbocycles. The molecule has 3 nitrogen and oxygen atoms in total. The van der Waals surface area contributed by atoms with E-state index >= 15 is 0 Å². The van der Waals surface area contributed by atoms with Gasteiger partial charge in [0.15, 0.2) is 11.5 Å². The van der Waals surface area contributed by atoms with Crippen molar-refractivity contribution in [2.45, 2.75) is 19.4 Å². The first-order valence-corrected chi connectivity index (χ1v) is 7.84. The lowest BCUT2D eigenvalue weighted by Gasteiger charge is -2.21. The summed E-state index contributed by atoms with van der Waals surface area (Å²) in [6, 6.07) is 11.7. The number of fused-ring (bicyclic) bond motifs is 1. The van der Waals surface area contributed by atoms with Crippen LogP contribution in [0.2, 0.25) is 0 Å². The van der Waals surface area contributed by atoms with E-state index in [0.29, 0.717) is 24.7 Å². The van der Waals surface area contributed by atoms with Crippen molar-refractivity contribution in [2.75, 3.05) is 13.2 Å². The van der Waals surface area contributed by atoms with Gasteiger partial charge in [0, 0.05) is 10.0 Å². The molecule has 4 heteroatoms. The quantitative estimate of drug-likeness (QED) is 0.915. The SMILES string of the molecule is CCc1ccc(C(O)c2cc3c(cc2Br)OCCO3)cc1. The largest absolute Gasteiger partial charge is 0.486 e. The van der Waals surface area contributed by atoms with E-state index in [1.165, 1.54) is 5.56 Å². The number of aliphatic hydroxyl groups is 1. The first-order valence-electron chi connectivity index (χ1n) is 7.05. The van der Waals surface area contributed by atoms with Gasteiger partial charge in [0.2, 0.25) is 0 Å². The number of rotatable bonds is 3. The summed E-state index contributed by atoms with van der Waals surface area (Å²) in [4.78, 5) is 0. The van der Waals surface area contributed by atoms with Crippen LogP contribution in [0.1, 0.15) is 29.7 Å². The second-order valence-corrected chi connectivity index (χ2v) is 5.87. The van der Waals surface area contributed by atoms with Crippen molar-refractivity contribution in [3.63, 3.8) is 0 Å². The fourth-order valence-corrected chi connectivity index (χ4v) is 2.94. The molecule has 1 atom stereocenters. The van der Waals surface area contributed by atoms with E-state index in [2.05, 4.69) is 22.9 Å². The summed E-state index contributed by atoms with van der Waals surface area (Å²) < 4.78 is 11.9. The highest BCUT2D eigenvalue weighted by Gasteiger charge is 2.20. The molecule has 0 radical (unpaired) electrons. The molecule has 1 aliphatic heterocycles. The number of aliphatic hydroxyl groups excluding tert-OH is 1. The van der Waals surface area contributed by atoms with E-state index in [1.807, 2.05) is 36.4 Å². The molecule has 0 saturated carbocycles. The smallest absolute Gasteiger partial charge is 0.162 e. The first-order chi connectivity index (χ1) is 10.2. The molecule has 110 valence electrons. The summed E-state index contributed by atoms with van der Waals surface area (Å²) in [5.74, 6) is 1.40. The maximum absolute atomic E-state index is 10.6. The highest BCUT2D eigenvalue weighted by molar-refractivity contribution is 9.10. The van der Waals surface area contributed by atoms with Crippen LogP contribution in [0.3, 0.4) is 0 Å². The van der Waals surface area contributed by atoms with Crippen molar-refractivity contribution >= 4 is 15.9 Å². The van der Waals surface area contributed by atoms with Crippen LogP contribution in [0, 0.1) is 0 Å². The van der Waals surface area contributed by atoms with Gasteiger partial charge in [-0.1, -0.05) is 47.1 Å². The Bertz CT molecular complexity index is 637. The fraction of sp³-hybridized carbons (Fsp3) is 0.294. The third-order valence-corrected chi connectivity index (χ3v) is 4.35. The van der Waals surface area contributed by atoms with Crippen LogP contribution in [0.25, 0.3) is 0 Å². The minimum absolute atomic E-state index is 0.537. The third-order valence-electron chi connectivity index (χ3n) is 3.66. The number of hydrogen-bond acceptors (Lipinski definition) is 3. The zero-order valence-corrected chi connectivity index (χ0v) is 13.4. The van der Waals surface area contributed by atoms with E-state index in [0.717, 1.165) is 22.0 Å². The average molecular weight is 349 g/mol. The van der Waals surface area contributed by atoms with E-state index < -0.39 is 6.10 Å². The molecule has 1 heterocycles. The van der Waals surface area contributed by atoms with Gasteiger partial charge < -0.3 is 14.6 Å². The molecule has 2 aromatic rings. The van der Waals surface area contributed by atoms with E-state index in [9.17, 15) is 5.11 Å². The van der Waals surface area contributed by atoms with E-state index in [1.54, 1.807) is 0 Å². The van der Waals surface area contributed by atoms with Gasteiger partial charge in [0.05, 0.1) is 0 Å². The third kappa shape index (κ3) is 2.92. The predicted molar refractivity (Wildman–Crippen MR) is 85.0 cm³/mol. The average Bonchev–Trinajstić information content (AvgIpc) is 2.53. The monoisotopic (exact) mass is 348 g/mol. The van der Waals surface area contributed by atoms with Gasteiger partial charge in [-0.2, -0.15) is 0 Å². The van der Waals surface area contributed by atoms with Crippen molar-refractivity contribution in [1.29, 1.82) is 0 Å². The van der Waals surface area contributed by atoms with Gasteiger partial charge in [-0.15, -0.1) is 0 Å². The summed E-state index contributed by atoms with van der Waals surface area (Å²) >= 11 is 3.51. The summed E-state index contributed by atoms with van der Waals surface area (Å²) in [5.41, 5.74) is 2.90. The Balaban J connectivity index is 1.94. The van der Waals surface area contributed by atoms with Gasteiger partial charge in [-0.25, -0.2) is 0 Å². The van der Waals surface area contributed by atoms with Crippen LogP contribution in [0.15, 0.2) is 40.9 Å². The Labute approximate surface area is 132 Å². The Morgan fingerprint density at radius 2 is 1.71 bits per heavy atom. The Kier molecular flexibility index (Phi) is 4.17. The molecule has 0 saturated heterocycles. The lowest BCUT2D eigenvalue weighted by Crippen LogP contribution is -2.16. The van der Waals surface area contributed by atoms with Crippen LogP contribution in [0.5, 0.6) is 11.5 Å². The highest BCUT2D eigenvalue weighted by Crippen LogP contribution is 2.39. The molecule has 0 fully saturated rings. The highest BCUT2D eigenvalue weighted by atomic mass is 79.9. The molecular weight excluding hydrogens is 332 g/mol. The summed E-state index contributed by atoms with van der Waals surface area (Å²) in [6.45, 7) is 3.21. The van der Waals surface area contributed by atoms with Crippen LogP contribution in [-0.2, 0) is 6.42 Å². The van der Waals surface area contributed by atoms with Crippen LogP contribution >= 0.6 is 15.9 Å². The number of ether oxygens (including phenoxy) is 2. The summed E-state index contributed by atoms with van der Waals surface area (Å²) in [7, 11) is 0. The van der Waals surface area contributed by atoms with E-state index in [-0.39, 0.29) is 0 Å². The topological polar surface area (TPSA) is 38.7 Å². The fourth-order valence-electron chi connectivity index (χ4n) is 2.40. The van der Waals surface area contributed by atoms with E-state index in [4.69, 9.17) is 9.47 Å². The van der Waals surface area contributed by atoms with Crippen molar-refractivity contribution in [3.8, 4) is 11.5 Å². The second kappa shape index (κ2) is 6.08. The van der Waals surface area contributed by atoms with Gasteiger partial charge in [-0.3, -0.25) is 0 Å². The number of halogens is 1. The van der Waals surface area contributed by atoms with Crippen molar-refractivity contribution in [2.24, 2.45) is 0 Å². The molecule has 21 heavy (non-hydrogen) atoms. The molecular formula is C17H17BrO3. The molecule has 1 aliphatic rings. The predicted octanol–water partition coefficient (Wildman–Crippen LogP) is 3.86. The number of aryl methyl sites for hydroxylation is 1. The Morgan fingerprint density at radius 3 is 2.33 bits per heavy atom. The summed E-state index contributed by atoms with van der Waals surface area (Å²) in [5, 5.41) is 10.6. The molecule has 0 amide bonds. The molecule has 3 rings (SSSR count). The van der Waals surface area contributed by atoms with Crippen LogP contribution in [-0.4, -0.2) is 18.3 Å². The second-order valence-electron chi connectivity index (χ2n) is 5.02. The van der Waals surface area contributed by atoms with Gasteiger partial charge >= 0.3 is 0 Å². The molecule has 0 spiro atoms. The molecule has 1 N–H and O–H groups in total. The van der Waals surface area contributed by atoms with Crippen molar-refractivity contribution in [1.82, 2.24) is 0 Å². The lowest BCUT2D eigenvalue weighted by molar-refractivity contribution is 0.169. The minimum Gasteiger partial charge on any atom is -0.486 e. The van der Waals surface area contributed by atoms with Crippen molar-refractivity contribution in [3.05, 3.63) is 57.6 Å². The first kappa shape index (κ1) is 14.4. The maximum Gasteiger partial charge on any atom is 0.162 e. The van der Waals surface area contributed by atoms with Crippen LogP contribution in [0.4, 0.5) is 0 Å². The molecule has 0 aromatic heterocycles. The molecule has 1 unspecified atom stereocenters. The van der Waals surface area contributed by atoms with Gasteiger partial charge in [0.25, 0.3) is 0 Å². The molecule has 0 bridgehead atoms. The van der Waals surface area contributed by atoms with Gasteiger partial charge in [0.1, 0.15) is 19.3 Å². The maximum atomic E-state index is 10.6. The Hall–Kier alpha value is -1.52. The number of benzene rings is 2. The van der Waals surface area contributed by atoms with Crippen LogP contribution < -0.4 is 9.47 Å². The zero-order valence-electron chi connectivity index (χ0n) is 11.8. The standard InChI is InChI=1S/C17H17BrO3/c1-2-11-3-5-12(6-4-11)17(19)13-9-15-16(10-14(13)18)21-8-7-20-15/h3-6,9-10,17,19H,2,7-8H2,1H3. The summed E-state index contributed by atoms with van der Waals surface area (Å²) in [6.07, 6.45) is 0.297. The van der Waals surface area contributed by atoms with Crippen molar-refractivity contribution < 1.29 is 14.6 Å². The number of hydrogen-bond donors (Lipinski definition) is 1. The molecule has 2 aromatic carbocycles. The van der Waals surface area contributed by atoms with Gasteiger partial charge in [-0.05, 0) is 29.7 Å². The lowest BCUT2D eigenvalue weighted by atomic mass is 9.99.